The number of carbonyl (C=O) groups excluding carboxylic acids is 1. The van der Waals surface area contributed by atoms with Gasteiger partial charge >= 0.3 is 0 Å². The highest BCUT2D eigenvalue weighted by Gasteiger charge is 2.26. The van der Waals surface area contributed by atoms with Gasteiger partial charge in [0.2, 0.25) is 0 Å². The molecule has 5 rings (SSSR count). The fraction of sp³-hybridized carbons (Fsp3) is 0.250. The Balaban J connectivity index is 1.60. The second-order valence-electron chi connectivity index (χ2n) is 8.83. The zero-order valence-electron chi connectivity index (χ0n) is 19.4. The van der Waals surface area contributed by atoms with Gasteiger partial charge in [-0.25, -0.2) is 4.98 Å². The number of benzene rings is 2. The predicted octanol–water partition coefficient (Wildman–Crippen LogP) is 6.53. The molecule has 0 aliphatic heterocycles. The molecule has 170 valence electrons. The predicted molar refractivity (Wildman–Crippen MR) is 137 cm³/mol. The van der Waals surface area contributed by atoms with Crippen LogP contribution in [0.4, 0.5) is 5.00 Å². The van der Waals surface area contributed by atoms with Gasteiger partial charge in [0, 0.05) is 15.8 Å². The molecule has 2 aromatic carbocycles. The number of ether oxygens (including phenoxy) is 1. The van der Waals surface area contributed by atoms with E-state index in [0.29, 0.717) is 22.0 Å². The Morgan fingerprint density at radius 2 is 1.97 bits per heavy atom. The molecule has 1 atom stereocenters. The summed E-state index contributed by atoms with van der Waals surface area (Å²) in [5, 5.41) is 14.4. The number of hydrogen-bond acceptors (Lipinski definition) is 5. The summed E-state index contributed by atoms with van der Waals surface area (Å²) >= 11 is 1.55. The Hall–Kier alpha value is -3.69. The molecule has 1 aliphatic rings. The van der Waals surface area contributed by atoms with Crippen molar-refractivity contribution in [3.63, 3.8) is 0 Å². The van der Waals surface area contributed by atoms with Gasteiger partial charge in [0.25, 0.3) is 5.91 Å². The minimum absolute atomic E-state index is 0.214. The summed E-state index contributed by atoms with van der Waals surface area (Å²) in [6.45, 7) is 4.17. The van der Waals surface area contributed by atoms with E-state index in [-0.39, 0.29) is 5.91 Å². The molecule has 1 N–H and O–H groups in total. The van der Waals surface area contributed by atoms with E-state index in [4.69, 9.17) is 9.72 Å². The van der Waals surface area contributed by atoms with Crippen LogP contribution in [0.15, 0.2) is 48.5 Å². The number of carbonyl (C=O) groups is 1. The summed E-state index contributed by atoms with van der Waals surface area (Å²) < 4.78 is 5.29. The third kappa shape index (κ3) is 3.82. The van der Waals surface area contributed by atoms with Crippen molar-refractivity contribution in [2.45, 2.75) is 33.1 Å². The van der Waals surface area contributed by atoms with Gasteiger partial charge in [0.15, 0.2) is 0 Å². The monoisotopic (exact) mass is 467 g/mol. The van der Waals surface area contributed by atoms with Gasteiger partial charge in [0.1, 0.15) is 16.8 Å². The number of nitrogens with one attached hydrogen (secondary N) is 1. The third-order valence-corrected chi connectivity index (χ3v) is 7.75. The van der Waals surface area contributed by atoms with Gasteiger partial charge < -0.3 is 10.1 Å². The fourth-order valence-corrected chi connectivity index (χ4v) is 6.11. The van der Waals surface area contributed by atoms with Crippen molar-refractivity contribution < 1.29 is 9.53 Å². The largest absolute Gasteiger partial charge is 0.497 e. The van der Waals surface area contributed by atoms with Gasteiger partial charge in [0.05, 0.1) is 29.4 Å². The van der Waals surface area contributed by atoms with Crippen LogP contribution in [-0.4, -0.2) is 18.0 Å². The number of hydrogen-bond donors (Lipinski definition) is 1. The lowest BCUT2D eigenvalue weighted by Crippen LogP contribution is -2.15. The van der Waals surface area contributed by atoms with E-state index in [0.717, 1.165) is 58.3 Å². The number of anilines is 1. The summed E-state index contributed by atoms with van der Waals surface area (Å²) in [7, 11) is 1.63. The van der Waals surface area contributed by atoms with E-state index >= 15 is 0 Å². The van der Waals surface area contributed by atoms with Gasteiger partial charge in [-0.05, 0) is 73.6 Å². The molecule has 5 nitrogen and oxygen atoms in total. The second-order valence-corrected chi connectivity index (χ2v) is 9.93. The average Bonchev–Trinajstić information content (AvgIpc) is 3.19. The van der Waals surface area contributed by atoms with Crippen molar-refractivity contribution >= 4 is 33.1 Å². The van der Waals surface area contributed by atoms with Crippen LogP contribution < -0.4 is 10.1 Å². The molecule has 1 amide bonds. The molecular weight excluding hydrogens is 442 g/mol. The molecule has 2 heterocycles. The van der Waals surface area contributed by atoms with Crippen LogP contribution in [0.25, 0.3) is 22.2 Å². The minimum Gasteiger partial charge on any atom is -0.497 e. The summed E-state index contributed by atoms with van der Waals surface area (Å²) in [5.41, 5.74) is 5.53. The van der Waals surface area contributed by atoms with Crippen molar-refractivity contribution in [2.75, 3.05) is 12.4 Å². The number of pyridine rings is 1. The SMILES string of the molecule is COc1ccc(-c2nc3ccccc3c(C(=O)Nc3sc4c(c3C#N)CCC(C)C4)c2C)cc1. The van der Waals surface area contributed by atoms with Crippen LogP contribution in [0, 0.1) is 24.2 Å². The Labute approximate surface area is 203 Å². The third-order valence-electron chi connectivity index (χ3n) is 6.58. The minimum atomic E-state index is -0.214. The molecular formula is C28H25N3O2S. The number of aromatic nitrogens is 1. The number of para-hydroxylation sites is 1. The lowest BCUT2D eigenvalue weighted by molar-refractivity contribution is 0.102. The first-order valence-electron chi connectivity index (χ1n) is 11.4. The standard InChI is InChI=1S/C28H25N3O2S/c1-16-8-13-20-22(15-29)28(34-24(20)14-16)31-27(32)25-17(2)26(18-9-11-19(33-3)12-10-18)30-23-7-5-4-6-21(23)25/h4-7,9-12,16H,8,13-14H2,1-3H3,(H,31,32). The van der Waals surface area contributed by atoms with Crippen LogP contribution in [0.2, 0.25) is 0 Å². The number of nitrogens with zero attached hydrogens (tertiary/aromatic N) is 2. The lowest BCUT2D eigenvalue weighted by atomic mass is 9.88. The van der Waals surface area contributed by atoms with E-state index < -0.39 is 0 Å². The van der Waals surface area contributed by atoms with Crippen LogP contribution >= 0.6 is 11.3 Å². The average molecular weight is 468 g/mol. The highest BCUT2D eigenvalue weighted by molar-refractivity contribution is 7.16. The smallest absolute Gasteiger partial charge is 0.257 e. The van der Waals surface area contributed by atoms with Crippen LogP contribution in [0.1, 0.15) is 45.3 Å². The van der Waals surface area contributed by atoms with E-state index in [9.17, 15) is 10.1 Å². The van der Waals surface area contributed by atoms with E-state index in [1.807, 2.05) is 55.5 Å². The number of amides is 1. The maximum absolute atomic E-state index is 13.7. The number of fused-ring (bicyclic) bond motifs is 2. The number of methoxy groups -OCH3 is 1. The van der Waals surface area contributed by atoms with Crippen molar-refractivity contribution in [1.82, 2.24) is 4.98 Å². The van der Waals surface area contributed by atoms with E-state index in [1.165, 1.54) is 4.88 Å². The molecule has 0 radical (unpaired) electrons. The first kappa shape index (κ1) is 22.1. The van der Waals surface area contributed by atoms with Gasteiger partial charge in [-0.1, -0.05) is 25.1 Å². The fourth-order valence-electron chi connectivity index (χ4n) is 4.75. The van der Waals surface area contributed by atoms with Crippen molar-refractivity contribution in [1.29, 1.82) is 5.26 Å². The summed E-state index contributed by atoms with van der Waals surface area (Å²) in [5.74, 6) is 1.15. The molecule has 1 unspecified atom stereocenters. The Bertz CT molecular complexity index is 1450. The second kappa shape index (κ2) is 8.92. The zero-order chi connectivity index (χ0) is 23.8. The first-order chi connectivity index (χ1) is 16.5. The van der Waals surface area contributed by atoms with Gasteiger partial charge in [-0.3, -0.25) is 4.79 Å². The van der Waals surface area contributed by atoms with E-state index in [1.54, 1.807) is 18.4 Å². The molecule has 34 heavy (non-hydrogen) atoms. The molecule has 2 aromatic heterocycles. The molecule has 0 saturated heterocycles. The molecule has 6 heteroatoms. The molecule has 0 saturated carbocycles. The molecule has 0 spiro atoms. The Morgan fingerprint density at radius 1 is 1.21 bits per heavy atom. The summed E-state index contributed by atoms with van der Waals surface area (Å²) in [6.07, 6.45) is 2.93. The van der Waals surface area contributed by atoms with Gasteiger partial charge in [-0.2, -0.15) is 5.26 Å². The van der Waals surface area contributed by atoms with Crippen LogP contribution in [-0.2, 0) is 12.8 Å². The quantitative estimate of drug-likeness (QED) is 0.370. The van der Waals surface area contributed by atoms with Crippen LogP contribution in [0.5, 0.6) is 5.75 Å². The maximum Gasteiger partial charge on any atom is 0.257 e. The molecule has 1 aliphatic carbocycles. The molecule has 0 fully saturated rings. The maximum atomic E-state index is 13.7. The number of rotatable bonds is 4. The molecule has 4 aromatic rings. The van der Waals surface area contributed by atoms with Gasteiger partial charge in [-0.15, -0.1) is 11.3 Å². The van der Waals surface area contributed by atoms with Crippen LogP contribution in [0.3, 0.4) is 0 Å². The summed E-state index contributed by atoms with van der Waals surface area (Å²) in [6, 6.07) is 17.7. The normalized spacial score (nSPS) is 14.9. The molecule has 0 bridgehead atoms. The first-order valence-corrected chi connectivity index (χ1v) is 12.2. The zero-order valence-corrected chi connectivity index (χ0v) is 20.3. The topological polar surface area (TPSA) is 75.0 Å². The van der Waals surface area contributed by atoms with Crippen molar-refractivity contribution in [3.8, 4) is 23.1 Å². The highest BCUT2D eigenvalue weighted by atomic mass is 32.1. The van der Waals surface area contributed by atoms with Crippen molar-refractivity contribution in [3.05, 3.63) is 75.7 Å². The Kier molecular flexibility index (Phi) is 5.80. The number of thiophene rings is 1. The number of nitriles is 1. The van der Waals surface area contributed by atoms with E-state index in [2.05, 4.69) is 18.3 Å². The highest BCUT2D eigenvalue weighted by Crippen LogP contribution is 2.40. The Morgan fingerprint density at radius 3 is 2.71 bits per heavy atom. The lowest BCUT2D eigenvalue weighted by Gasteiger charge is -2.17. The van der Waals surface area contributed by atoms with Crippen molar-refractivity contribution in [2.24, 2.45) is 5.92 Å². The summed E-state index contributed by atoms with van der Waals surface area (Å²) in [4.78, 5) is 19.8.